The summed E-state index contributed by atoms with van der Waals surface area (Å²) in [5, 5.41) is 10.6. The van der Waals surface area contributed by atoms with Gasteiger partial charge in [0, 0.05) is 18.2 Å². The van der Waals surface area contributed by atoms with E-state index in [0.717, 1.165) is 0 Å². The lowest BCUT2D eigenvalue weighted by atomic mass is 9.95. The maximum atomic E-state index is 14.1. The number of methoxy groups -OCH3 is 1. The van der Waals surface area contributed by atoms with Gasteiger partial charge >= 0.3 is 5.97 Å². The Morgan fingerprint density at radius 2 is 1.98 bits per heavy atom. The highest BCUT2D eigenvalue weighted by atomic mass is 32.1. The molecule has 0 spiro atoms. The van der Waals surface area contributed by atoms with E-state index in [-0.39, 0.29) is 36.2 Å². The molecule has 0 radical (unpaired) electrons. The molecular formula is C32H36N2O7S. The number of carbonyl (C=O) groups is 1. The Labute approximate surface area is 248 Å². The molecule has 0 aliphatic carbocycles. The van der Waals surface area contributed by atoms with Gasteiger partial charge < -0.3 is 24.1 Å². The number of hydrogen-bond donors (Lipinski definition) is 1. The summed E-state index contributed by atoms with van der Waals surface area (Å²) in [5.41, 5.74) is 2.32. The highest BCUT2D eigenvalue weighted by molar-refractivity contribution is 7.07. The molecule has 0 saturated carbocycles. The SMILES string of the molecule is C=CCc1cc(/C=c2/sc3n(c2=O)[C@@H](c2ccccc2OC(C)C)C(C(=O)OCCOC)=C(C)N=3)cc(OCC)c1O. The minimum Gasteiger partial charge on any atom is -0.504 e. The monoisotopic (exact) mass is 592 g/mol. The zero-order valence-corrected chi connectivity index (χ0v) is 25.3. The van der Waals surface area contributed by atoms with Crippen LogP contribution in [0.5, 0.6) is 17.2 Å². The first-order valence-electron chi connectivity index (χ1n) is 13.7. The number of aromatic nitrogens is 1. The van der Waals surface area contributed by atoms with Crippen LogP contribution in [0.15, 0.2) is 70.1 Å². The molecule has 2 heterocycles. The van der Waals surface area contributed by atoms with E-state index in [1.165, 1.54) is 23.0 Å². The number of nitrogens with zero attached hydrogens (tertiary/aromatic N) is 2. The van der Waals surface area contributed by atoms with Crippen LogP contribution in [0, 0.1) is 0 Å². The van der Waals surface area contributed by atoms with Crippen molar-refractivity contribution in [3.8, 4) is 17.2 Å². The van der Waals surface area contributed by atoms with E-state index in [2.05, 4.69) is 11.6 Å². The van der Waals surface area contributed by atoms with Crippen LogP contribution < -0.4 is 24.4 Å². The summed E-state index contributed by atoms with van der Waals surface area (Å²) in [7, 11) is 1.53. The van der Waals surface area contributed by atoms with Gasteiger partial charge in [-0.1, -0.05) is 35.6 Å². The minimum atomic E-state index is -0.830. The lowest BCUT2D eigenvalue weighted by Crippen LogP contribution is -2.40. The Kier molecular flexibility index (Phi) is 10.0. The van der Waals surface area contributed by atoms with Crippen molar-refractivity contribution in [1.82, 2.24) is 4.57 Å². The zero-order valence-electron chi connectivity index (χ0n) is 24.5. The molecule has 10 heteroatoms. The van der Waals surface area contributed by atoms with Gasteiger partial charge in [0.1, 0.15) is 18.4 Å². The highest BCUT2D eigenvalue weighted by Crippen LogP contribution is 2.36. The molecule has 1 atom stereocenters. The van der Waals surface area contributed by atoms with Crippen molar-refractivity contribution in [2.75, 3.05) is 26.9 Å². The Morgan fingerprint density at radius 1 is 1.21 bits per heavy atom. The van der Waals surface area contributed by atoms with Gasteiger partial charge in [-0.3, -0.25) is 9.36 Å². The van der Waals surface area contributed by atoms with E-state index in [9.17, 15) is 14.7 Å². The molecule has 1 N–H and O–H groups in total. The predicted molar refractivity (Wildman–Crippen MR) is 162 cm³/mol. The number of aromatic hydroxyl groups is 1. The normalized spacial score (nSPS) is 14.9. The third-order valence-corrected chi connectivity index (χ3v) is 7.46. The number of phenolic OH excluding ortho intramolecular Hbond substituents is 1. The van der Waals surface area contributed by atoms with Gasteiger partial charge in [0.15, 0.2) is 16.3 Å². The average Bonchev–Trinajstić information content (AvgIpc) is 3.24. The lowest BCUT2D eigenvalue weighted by molar-refractivity contribution is -0.140. The highest BCUT2D eigenvalue weighted by Gasteiger charge is 2.35. The quantitative estimate of drug-likeness (QED) is 0.192. The zero-order chi connectivity index (χ0) is 30.4. The summed E-state index contributed by atoms with van der Waals surface area (Å²) < 4.78 is 24.2. The summed E-state index contributed by atoms with van der Waals surface area (Å²) in [6, 6.07) is 10.0. The van der Waals surface area contributed by atoms with Crippen molar-refractivity contribution < 1.29 is 28.8 Å². The summed E-state index contributed by atoms with van der Waals surface area (Å²) in [5.74, 6) is 0.341. The molecular weight excluding hydrogens is 556 g/mol. The van der Waals surface area contributed by atoms with Gasteiger partial charge in [0.2, 0.25) is 0 Å². The molecule has 0 fully saturated rings. The molecule has 0 amide bonds. The molecule has 222 valence electrons. The Balaban J connectivity index is 1.94. The fourth-order valence-electron chi connectivity index (χ4n) is 4.74. The van der Waals surface area contributed by atoms with E-state index in [1.807, 2.05) is 45.0 Å². The van der Waals surface area contributed by atoms with Gasteiger partial charge in [0.05, 0.1) is 35.1 Å². The maximum Gasteiger partial charge on any atom is 0.338 e. The van der Waals surface area contributed by atoms with Crippen LogP contribution in [-0.4, -0.2) is 48.7 Å². The van der Waals surface area contributed by atoms with Crippen LogP contribution >= 0.6 is 11.3 Å². The van der Waals surface area contributed by atoms with Crippen molar-refractivity contribution in [2.24, 2.45) is 4.99 Å². The number of ether oxygens (including phenoxy) is 4. The smallest absolute Gasteiger partial charge is 0.338 e. The van der Waals surface area contributed by atoms with Gasteiger partial charge in [-0.2, -0.15) is 0 Å². The van der Waals surface area contributed by atoms with Crippen LogP contribution in [-0.2, 0) is 20.7 Å². The van der Waals surface area contributed by atoms with Crippen molar-refractivity contribution >= 4 is 23.4 Å². The van der Waals surface area contributed by atoms with Crippen molar-refractivity contribution in [2.45, 2.75) is 46.3 Å². The number of benzene rings is 2. The molecule has 1 aliphatic heterocycles. The summed E-state index contributed by atoms with van der Waals surface area (Å²) in [4.78, 5) is 32.7. The third-order valence-electron chi connectivity index (χ3n) is 6.48. The van der Waals surface area contributed by atoms with E-state index in [1.54, 1.807) is 31.2 Å². The minimum absolute atomic E-state index is 0.0457. The fourth-order valence-corrected chi connectivity index (χ4v) is 5.79. The first-order valence-corrected chi connectivity index (χ1v) is 14.6. The molecule has 9 nitrogen and oxygen atoms in total. The van der Waals surface area contributed by atoms with Crippen LogP contribution in [0.4, 0.5) is 0 Å². The van der Waals surface area contributed by atoms with Crippen LogP contribution in [0.3, 0.4) is 0 Å². The first kappa shape index (κ1) is 30.8. The van der Waals surface area contributed by atoms with Gasteiger partial charge in [-0.05, 0) is 64.0 Å². The molecule has 0 unspecified atom stereocenters. The Morgan fingerprint density at radius 3 is 2.67 bits per heavy atom. The van der Waals surface area contributed by atoms with E-state index in [0.29, 0.717) is 56.2 Å². The average molecular weight is 593 g/mol. The number of esters is 1. The van der Waals surface area contributed by atoms with Crippen LogP contribution in [0.2, 0.25) is 0 Å². The van der Waals surface area contributed by atoms with Crippen LogP contribution in [0.1, 0.15) is 50.4 Å². The molecule has 1 aromatic heterocycles. The van der Waals surface area contributed by atoms with Crippen molar-refractivity contribution in [3.05, 3.63) is 96.7 Å². The number of fused-ring (bicyclic) bond motifs is 1. The van der Waals surface area contributed by atoms with E-state index >= 15 is 0 Å². The second-order valence-corrected chi connectivity index (χ2v) is 10.9. The summed E-state index contributed by atoms with van der Waals surface area (Å²) in [6.45, 7) is 11.8. The second kappa shape index (κ2) is 13.7. The number of thiazole rings is 1. The summed E-state index contributed by atoms with van der Waals surface area (Å²) >= 11 is 1.21. The molecule has 0 saturated heterocycles. The van der Waals surface area contributed by atoms with Crippen molar-refractivity contribution in [3.63, 3.8) is 0 Å². The van der Waals surface area contributed by atoms with E-state index in [4.69, 9.17) is 18.9 Å². The predicted octanol–water partition coefficient (Wildman–Crippen LogP) is 4.04. The first-order chi connectivity index (χ1) is 20.2. The maximum absolute atomic E-state index is 14.1. The number of hydrogen-bond acceptors (Lipinski definition) is 9. The summed E-state index contributed by atoms with van der Waals surface area (Å²) in [6.07, 6.45) is 3.72. The number of phenols is 1. The fraction of sp³-hybridized carbons (Fsp3) is 0.344. The van der Waals surface area contributed by atoms with Gasteiger partial charge in [0.25, 0.3) is 5.56 Å². The number of para-hydroxylation sites is 1. The van der Waals surface area contributed by atoms with Crippen molar-refractivity contribution in [1.29, 1.82) is 0 Å². The van der Waals surface area contributed by atoms with E-state index < -0.39 is 12.0 Å². The number of allylic oxidation sites excluding steroid dienone is 2. The van der Waals surface area contributed by atoms with Gasteiger partial charge in [-0.15, -0.1) is 6.58 Å². The molecule has 3 aromatic rings. The molecule has 0 bridgehead atoms. The Bertz CT molecular complexity index is 1680. The molecule has 4 rings (SSSR count). The largest absolute Gasteiger partial charge is 0.504 e. The lowest BCUT2D eigenvalue weighted by Gasteiger charge is -2.27. The molecule has 1 aliphatic rings. The molecule has 2 aromatic carbocycles. The standard InChI is InChI=1S/C32H36N2O7S/c1-7-11-22-16-21(17-25(29(22)35)39-8-2)18-26-30(36)34-28(23-12-9-10-13-24(23)41-19(3)4)27(20(5)33-32(34)42-26)31(37)40-15-14-38-6/h7,9-10,12-13,16-19,28,35H,1,8,11,14-15H2,2-6H3/b26-18+/t28-/m0/s1. The van der Waals surface area contributed by atoms with Gasteiger partial charge in [-0.25, -0.2) is 9.79 Å². The molecule has 42 heavy (non-hydrogen) atoms. The Hall–Kier alpha value is -4.15. The third kappa shape index (κ3) is 6.50. The number of rotatable bonds is 12. The topological polar surface area (TPSA) is 109 Å². The second-order valence-electron chi connectivity index (χ2n) is 9.87. The van der Waals surface area contributed by atoms with Crippen LogP contribution in [0.25, 0.3) is 6.08 Å². The number of carbonyl (C=O) groups excluding carboxylic acids is 1.